The highest BCUT2D eigenvalue weighted by atomic mass is 16.5. The molecule has 2 unspecified atom stereocenters. The fourth-order valence-electron chi connectivity index (χ4n) is 7.06. The highest BCUT2D eigenvalue weighted by Gasteiger charge is 2.39. The topological polar surface area (TPSA) is 112 Å². The Morgan fingerprint density at radius 1 is 1.00 bits per heavy atom. The number of hydrogen-bond acceptors (Lipinski definition) is 7. The van der Waals surface area contributed by atoms with Gasteiger partial charge in [0.1, 0.15) is 17.9 Å². The van der Waals surface area contributed by atoms with E-state index in [1.165, 1.54) is 5.56 Å². The maximum atomic E-state index is 13.0. The van der Waals surface area contributed by atoms with Gasteiger partial charge in [0.05, 0.1) is 11.6 Å². The average molecular weight is 569 g/mol. The Morgan fingerprint density at radius 3 is 2.76 bits per heavy atom. The number of aliphatic hydroxyl groups is 1. The number of imide groups is 1. The number of pyridine rings is 1. The zero-order valence-corrected chi connectivity index (χ0v) is 23.6. The fourth-order valence-corrected chi connectivity index (χ4v) is 7.06. The lowest BCUT2D eigenvalue weighted by Crippen LogP contribution is -2.52. The van der Waals surface area contributed by atoms with Crippen molar-refractivity contribution in [1.82, 2.24) is 20.1 Å². The molecule has 7 rings (SSSR count). The highest BCUT2D eigenvalue weighted by molar-refractivity contribution is 6.05. The van der Waals surface area contributed by atoms with Crippen LogP contribution < -0.4 is 10.1 Å². The summed E-state index contributed by atoms with van der Waals surface area (Å²) in [5.74, 6) is 0.214. The van der Waals surface area contributed by atoms with E-state index in [1.54, 1.807) is 11.0 Å². The number of rotatable bonds is 6. The summed E-state index contributed by atoms with van der Waals surface area (Å²) in [6.45, 7) is 2.94. The third-order valence-electron chi connectivity index (χ3n) is 9.27. The van der Waals surface area contributed by atoms with Crippen LogP contribution in [0.25, 0.3) is 10.9 Å². The van der Waals surface area contributed by atoms with Gasteiger partial charge in [-0.15, -0.1) is 0 Å². The molecule has 3 fully saturated rings. The average Bonchev–Trinajstić information content (AvgIpc) is 3.55. The molecular formula is C33H36N4O5. The van der Waals surface area contributed by atoms with Crippen molar-refractivity contribution in [2.45, 2.75) is 82.2 Å². The van der Waals surface area contributed by atoms with Crippen LogP contribution in [0.5, 0.6) is 5.75 Å². The van der Waals surface area contributed by atoms with Crippen LogP contribution in [0.4, 0.5) is 0 Å². The van der Waals surface area contributed by atoms with Crippen LogP contribution >= 0.6 is 0 Å². The molecular weight excluding hydrogens is 532 g/mol. The van der Waals surface area contributed by atoms with Crippen molar-refractivity contribution >= 4 is 28.6 Å². The molecule has 218 valence electrons. The Morgan fingerprint density at radius 2 is 1.90 bits per heavy atom. The first-order valence-electron chi connectivity index (χ1n) is 15.1. The molecule has 2 N–H and O–H groups in total. The van der Waals surface area contributed by atoms with Crippen LogP contribution in [-0.4, -0.2) is 69.0 Å². The molecule has 0 spiro atoms. The van der Waals surface area contributed by atoms with Crippen LogP contribution in [-0.2, 0) is 22.7 Å². The lowest BCUT2D eigenvalue weighted by atomic mass is 9.85. The van der Waals surface area contributed by atoms with Gasteiger partial charge in [-0.1, -0.05) is 18.6 Å². The predicted octanol–water partition coefficient (Wildman–Crippen LogP) is 3.67. The Kier molecular flexibility index (Phi) is 7.15. The fraction of sp³-hybridized carbons (Fsp3) is 0.455. The summed E-state index contributed by atoms with van der Waals surface area (Å²) >= 11 is 0. The number of amides is 3. The van der Waals surface area contributed by atoms with E-state index in [-0.39, 0.29) is 30.4 Å². The summed E-state index contributed by atoms with van der Waals surface area (Å²) in [5, 5.41) is 13.6. The summed E-state index contributed by atoms with van der Waals surface area (Å²) in [7, 11) is 0. The van der Waals surface area contributed by atoms with Crippen LogP contribution in [0, 0.1) is 0 Å². The number of fused-ring (bicyclic) bond motifs is 2. The minimum Gasteiger partial charge on any atom is -0.489 e. The molecule has 4 aliphatic rings. The Labute approximate surface area is 244 Å². The van der Waals surface area contributed by atoms with E-state index in [0.717, 1.165) is 79.6 Å². The minimum absolute atomic E-state index is 0.0573. The number of carbonyl (C=O) groups excluding carboxylic acids is 3. The number of aliphatic hydroxyl groups excluding tert-OH is 1. The Bertz CT molecular complexity index is 1560. The second-order valence-corrected chi connectivity index (χ2v) is 12.3. The number of piperidine rings is 1. The number of aromatic nitrogens is 1. The first kappa shape index (κ1) is 27.0. The molecule has 4 heterocycles. The van der Waals surface area contributed by atoms with Crippen molar-refractivity contribution in [3.8, 4) is 5.75 Å². The molecule has 2 aromatic carbocycles. The normalized spacial score (nSPS) is 26.5. The molecule has 0 radical (unpaired) electrons. The summed E-state index contributed by atoms with van der Waals surface area (Å²) in [5.41, 5.74) is 4.78. The number of likely N-dealkylation sites (tertiary alicyclic amines) is 1. The maximum Gasteiger partial charge on any atom is 0.255 e. The van der Waals surface area contributed by atoms with Crippen molar-refractivity contribution in [2.75, 3.05) is 13.1 Å². The molecule has 3 amide bonds. The van der Waals surface area contributed by atoms with Gasteiger partial charge in [-0.3, -0.25) is 29.6 Å². The molecule has 42 heavy (non-hydrogen) atoms. The van der Waals surface area contributed by atoms with Gasteiger partial charge in [0.25, 0.3) is 5.91 Å². The molecule has 1 saturated carbocycles. The van der Waals surface area contributed by atoms with Gasteiger partial charge >= 0.3 is 0 Å². The molecule has 0 bridgehead atoms. The molecule has 1 aliphatic carbocycles. The van der Waals surface area contributed by atoms with E-state index in [1.807, 2.05) is 12.1 Å². The van der Waals surface area contributed by atoms with Crippen molar-refractivity contribution in [3.05, 3.63) is 70.9 Å². The second-order valence-electron chi connectivity index (χ2n) is 12.3. The van der Waals surface area contributed by atoms with Gasteiger partial charge in [0.15, 0.2) is 0 Å². The molecule has 1 aromatic heterocycles. The minimum atomic E-state index is -0.616. The van der Waals surface area contributed by atoms with Crippen LogP contribution in [0.3, 0.4) is 0 Å². The first-order valence-corrected chi connectivity index (χ1v) is 15.1. The number of nitrogens with zero attached hydrogens (tertiary/aromatic N) is 3. The molecule has 9 nitrogen and oxygen atoms in total. The van der Waals surface area contributed by atoms with Crippen molar-refractivity contribution < 1.29 is 24.2 Å². The van der Waals surface area contributed by atoms with Crippen LogP contribution in [0.15, 0.2) is 48.5 Å². The van der Waals surface area contributed by atoms with Crippen molar-refractivity contribution in [2.24, 2.45) is 0 Å². The van der Waals surface area contributed by atoms with E-state index in [2.05, 4.69) is 40.5 Å². The van der Waals surface area contributed by atoms with Gasteiger partial charge in [-0.2, -0.15) is 0 Å². The molecule has 3 aromatic rings. The zero-order chi connectivity index (χ0) is 28.8. The monoisotopic (exact) mass is 568 g/mol. The summed E-state index contributed by atoms with van der Waals surface area (Å²) in [6, 6.07) is 15.7. The summed E-state index contributed by atoms with van der Waals surface area (Å²) in [4.78, 5) is 45.7. The van der Waals surface area contributed by atoms with E-state index >= 15 is 0 Å². The van der Waals surface area contributed by atoms with Crippen molar-refractivity contribution in [3.63, 3.8) is 0 Å². The SMILES string of the molecule is O=C1CCC(N2Cc3cc(OC4CCN(Cc5ccc6nc([C@H]7CCC[C@@H](O)C7)ccc6c5)C4)ccc3C2=O)C(=O)N1. The molecule has 9 heteroatoms. The number of ether oxygens (including phenoxy) is 1. The maximum absolute atomic E-state index is 13.0. The largest absolute Gasteiger partial charge is 0.489 e. The van der Waals surface area contributed by atoms with E-state index in [0.29, 0.717) is 24.4 Å². The molecule has 3 aliphatic heterocycles. The van der Waals surface area contributed by atoms with Gasteiger partial charge in [-0.25, -0.2) is 0 Å². The lowest BCUT2D eigenvalue weighted by molar-refractivity contribution is -0.136. The summed E-state index contributed by atoms with van der Waals surface area (Å²) in [6.07, 6.45) is 5.22. The number of benzene rings is 2. The van der Waals surface area contributed by atoms with Crippen LogP contribution in [0.2, 0.25) is 0 Å². The van der Waals surface area contributed by atoms with Gasteiger partial charge < -0.3 is 14.7 Å². The third kappa shape index (κ3) is 5.39. The van der Waals surface area contributed by atoms with E-state index in [4.69, 9.17) is 9.72 Å². The van der Waals surface area contributed by atoms with Gasteiger partial charge in [-0.05, 0) is 79.6 Å². The quantitative estimate of drug-likeness (QED) is 0.437. The zero-order valence-electron chi connectivity index (χ0n) is 23.6. The second kappa shape index (κ2) is 11.1. The van der Waals surface area contributed by atoms with Gasteiger partial charge in [0.2, 0.25) is 11.8 Å². The standard InChI is InChI=1S/C33H36N4O5/c38-24-3-1-2-21(15-24)29-9-5-22-14-20(4-8-28(22)34-29)17-36-13-12-26(19-36)42-25-6-7-27-23(16-25)18-37(33(27)41)30-10-11-31(39)35-32(30)40/h4-9,14,16,21,24,26,30,38H,1-3,10-13,15,17-19H2,(H,35,39,40)/t21-,24+,26?,30?/m0/s1. The van der Waals surface area contributed by atoms with E-state index in [9.17, 15) is 19.5 Å². The number of hydrogen-bond donors (Lipinski definition) is 2. The van der Waals surface area contributed by atoms with E-state index < -0.39 is 11.9 Å². The number of carbonyl (C=O) groups is 3. The predicted molar refractivity (Wildman–Crippen MR) is 156 cm³/mol. The van der Waals surface area contributed by atoms with Gasteiger partial charge in [0, 0.05) is 55.2 Å². The van der Waals surface area contributed by atoms with Crippen molar-refractivity contribution in [1.29, 1.82) is 0 Å². The Balaban J connectivity index is 0.957. The third-order valence-corrected chi connectivity index (χ3v) is 9.27. The Hall–Kier alpha value is -3.82. The van der Waals surface area contributed by atoms with Crippen LogP contribution in [0.1, 0.15) is 78.0 Å². The first-order chi connectivity index (χ1) is 20.4. The highest BCUT2D eigenvalue weighted by Crippen LogP contribution is 2.34. The molecule has 4 atom stereocenters. The smallest absolute Gasteiger partial charge is 0.255 e. The molecule has 2 saturated heterocycles. The summed E-state index contributed by atoms with van der Waals surface area (Å²) < 4.78 is 6.34. The lowest BCUT2D eigenvalue weighted by Gasteiger charge is -2.29. The number of nitrogens with one attached hydrogen (secondary N) is 1.